The van der Waals surface area contributed by atoms with Crippen LogP contribution >= 0.6 is 0 Å². The molecule has 1 N–H and O–H groups in total. The van der Waals surface area contributed by atoms with Crippen molar-refractivity contribution < 1.29 is 28.3 Å². The fraction of sp³-hybridized carbons (Fsp3) is 0.238. The van der Waals surface area contributed by atoms with Crippen LogP contribution in [-0.4, -0.2) is 36.7 Å². The summed E-state index contributed by atoms with van der Waals surface area (Å²) in [6.45, 7) is 0.866. The van der Waals surface area contributed by atoms with Gasteiger partial charge in [-0.3, -0.25) is 19.2 Å². The Bertz CT molecular complexity index is 975. The highest BCUT2D eigenvalue weighted by molar-refractivity contribution is 6.00. The van der Waals surface area contributed by atoms with E-state index in [1.807, 2.05) is 0 Å². The molecule has 2 amide bonds. The van der Waals surface area contributed by atoms with Crippen molar-refractivity contribution in [3.05, 3.63) is 59.9 Å². The fourth-order valence-corrected chi connectivity index (χ4v) is 3.04. The number of ketones is 1. The Morgan fingerprint density at radius 3 is 2.66 bits per heavy atom. The Morgan fingerprint density at radius 1 is 1.17 bits per heavy atom. The van der Waals surface area contributed by atoms with Gasteiger partial charge in [0.25, 0.3) is 5.91 Å². The number of halogens is 1. The number of nitrogens with zero attached hydrogens (tertiary/aromatic N) is 1. The normalized spacial score (nSPS) is 15.9. The predicted octanol–water partition coefficient (Wildman–Crippen LogP) is 2.56. The lowest BCUT2D eigenvalue weighted by molar-refractivity contribution is -0.151. The van der Waals surface area contributed by atoms with Gasteiger partial charge in [-0.2, -0.15) is 0 Å². The highest BCUT2D eigenvalue weighted by atomic mass is 19.1. The van der Waals surface area contributed by atoms with E-state index >= 15 is 0 Å². The highest BCUT2D eigenvalue weighted by Gasteiger charge is 2.37. The summed E-state index contributed by atoms with van der Waals surface area (Å²) in [6, 6.07) is 12.2. The molecule has 1 aliphatic heterocycles. The largest absolute Gasteiger partial charge is 0.455 e. The molecule has 0 spiro atoms. The molecule has 0 saturated carbocycles. The van der Waals surface area contributed by atoms with E-state index in [1.165, 1.54) is 36.1 Å². The lowest BCUT2D eigenvalue weighted by atomic mass is 10.1. The summed E-state index contributed by atoms with van der Waals surface area (Å²) in [6.07, 6.45) is -0.116. The predicted molar refractivity (Wildman–Crippen MR) is 103 cm³/mol. The number of hydrogen-bond acceptors (Lipinski definition) is 5. The third-order valence-electron chi connectivity index (χ3n) is 4.50. The van der Waals surface area contributed by atoms with E-state index in [1.54, 1.807) is 24.3 Å². The SMILES string of the molecule is CC(=O)c1cccc(NC(=O)COC(=O)[C@@H]2CC(=O)N(c3ccccc3F)C2)c1. The van der Waals surface area contributed by atoms with E-state index < -0.39 is 30.2 Å². The summed E-state index contributed by atoms with van der Waals surface area (Å²) < 4.78 is 18.9. The van der Waals surface area contributed by atoms with E-state index in [2.05, 4.69) is 5.32 Å². The number of benzene rings is 2. The molecule has 0 aromatic heterocycles. The average Bonchev–Trinajstić information content (AvgIpc) is 3.08. The van der Waals surface area contributed by atoms with Crippen molar-refractivity contribution in [2.24, 2.45) is 5.92 Å². The van der Waals surface area contributed by atoms with Gasteiger partial charge in [0.2, 0.25) is 5.91 Å². The number of ether oxygens (including phenoxy) is 1. The summed E-state index contributed by atoms with van der Waals surface area (Å²) >= 11 is 0. The highest BCUT2D eigenvalue weighted by Crippen LogP contribution is 2.27. The summed E-state index contributed by atoms with van der Waals surface area (Å²) in [4.78, 5) is 49.0. The van der Waals surface area contributed by atoms with Crippen LogP contribution in [0.1, 0.15) is 23.7 Å². The first-order chi connectivity index (χ1) is 13.8. The molecule has 3 rings (SSSR count). The summed E-state index contributed by atoms with van der Waals surface area (Å²) in [7, 11) is 0. The molecule has 0 aliphatic carbocycles. The van der Waals surface area contributed by atoms with Gasteiger partial charge in [0.05, 0.1) is 11.6 Å². The fourth-order valence-electron chi connectivity index (χ4n) is 3.04. The van der Waals surface area contributed by atoms with Crippen molar-refractivity contribution in [2.75, 3.05) is 23.4 Å². The number of Topliss-reactive ketones (excluding diaryl/α,β-unsaturated/α-hetero) is 1. The topological polar surface area (TPSA) is 92.8 Å². The summed E-state index contributed by atoms with van der Waals surface area (Å²) in [5, 5.41) is 2.54. The average molecular weight is 398 g/mol. The number of rotatable bonds is 6. The molecule has 0 unspecified atom stereocenters. The Kier molecular flexibility index (Phi) is 6.01. The van der Waals surface area contributed by atoms with Gasteiger partial charge < -0.3 is 15.0 Å². The lowest BCUT2D eigenvalue weighted by Crippen LogP contribution is -2.28. The molecule has 2 aromatic rings. The van der Waals surface area contributed by atoms with Crippen LogP contribution in [0.25, 0.3) is 0 Å². The zero-order valence-electron chi connectivity index (χ0n) is 15.7. The molecule has 0 radical (unpaired) electrons. The quantitative estimate of drug-likeness (QED) is 0.596. The Balaban J connectivity index is 1.54. The number of hydrogen-bond donors (Lipinski definition) is 1. The van der Waals surface area contributed by atoms with Crippen LogP contribution < -0.4 is 10.2 Å². The minimum atomic E-state index is -0.782. The third kappa shape index (κ3) is 4.84. The molecule has 0 bridgehead atoms. The molecule has 1 fully saturated rings. The van der Waals surface area contributed by atoms with E-state index in [0.717, 1.165) is 0 Å². The van der Waals surface area contributed by atoms with Crippen LogP contribution in [0, 0.1) is 11.7 Å². The third-order valence-corrected chi connectivity index (χ3v) is 4.50. The van der Waals surface area contributed by atoms with Gasteiger partial charge in [-0.05, 0) is 31.2 Å². The van der Waals surface area contributed by atoms with E-state index in [-0.39, 0.29) is 30.3 Å². The first-order valence-corrected chi connectivity index (χ1v) is 8.97. The van der Waals surface area contributed by atoms with Crippen molar-refractivity contribution >= 4 is 34.9 Å². The maximum Gasteiger partial charge on any atom is 0.311 e. The lowest BCUT2D eigenvalue weighted by Gasteiger charge is -2.17. The number of carbonyl (C=O) groups excluding carboxylic acids is 4. The van der Waals surface area contributed by atoms with Gasteiger partial charge in [-0.25, -0.2) is 4.39 Å². The smallest absolute Gasteiger partial charge is 0.311 e. The standard InChI is InChI=1S/C21H19FN2O5/c1-13(25)14-5-4-6-16(9-14)23-19(26)12-29-21(28)15-10-20(27)24(11-15)18-8-3-2-7-17(18)22/h2-9,15H,10-12H2,1H3,(H,23,26)/t15-/m1/s1. The van der Waals surface area contributed by atoms with Crippen molar-refractivity contribution in [1.29, 1.82) is 0 Å². The van der Waals surface area contributed by atoms with E-state index in [0.29, 0.717) is 11.3 Å². The molecule has 7 nitrogen and oxygen atoms in total. The van der Waals surface area contributed by atoms with Crippen molar-refractivity contribution in [3.63, 3.8) is 0 Å². The molecule has 29 heavy (non-hydrogen) atoms. The summed E-state index contributed by atoms with van der Waals surface area (Å²) in [5.74, 6) is -3.14. The minimum Gasteiger partial charge on any atom is -0.455 e. The maximum atomic E-state index is 13.9. The Morgan fingerprint density at radius 2 is 1.93 bits per heavy atom. The minimum absolute atomic E-state index is 0.0130. The number of anilines is 2. The summed E-state index contributed by atoms with van der Waals surface area (Å²) in [5.41, 5.74) is 0.953. The zero-order valence-corrected chi connectivity index (χ0v) is 15.7. The second kappa shape index (κ2) is 8.64. The molecule has 1 saturated heterocycles. The number of para-hydroxylation sites is 1. The Hall–Kier alpha value is -3.55. The van der Waals surface area contributed by atoms with Crippen LogP contribution in [0.4, 0.5) is 15.8 Å². The Labute approximate surface area is 166 Å². The number of carbonyl (C=O) groups is 4. The van der Waals surface area contributed by atoms with Crippen molar-refractivity contribution in [1.82, 2.24) is 0 Å². The van der Waals surface area contributed by atoms with Gasteiger partial charge in [-0.15, -0.1) is 0 Å². The number of nitrogens with one attached hydrogen (secondary N) is 1. The van der Waals surface area contributed by atoms with Crippen LogP contribution in [0.5, 0.6) is 0 Å². The van der Waals surface area contributed by atoms with Crippen LogP contribution in [0.15, 0.2) is 48.5 Å². The second-order valence-electron chi connectivity index (χ2n) is 6.65. The molecule has 2 aromatic carbocycles. The number of esters is 1. The van der Waals surface area contributed by atoms with Crippen molar-refractivity contribution in [3.8, 4) is 0 Å². The van der Waals surface area contributed by atoms with E-state index in [4.69, 9.17) is 4.74 Å². The number of amides is 2. The van der Waals surface area contributed by atoms with Crippen LogP contribution in [0.3, 0.4) is 0 Å². The molecule has 8 heteroatoms. The van der Waals surface area contributed by atoms with Crippen LogP contribution in [0.2, 0.25) is 0 Å². The molecule has 150 valence electrons. The van der Waals surface area contributed by atoms with Crippen molar-refractivity contribution in [2.45, 2.75) is 13.3 Å². The van der Waals surface area contributed by atoms with Gasteiger partial charge in [0, 0.05) is 24.2 Å². The zero-order chi connectivity index (χ0) is 21.0. The van der Waals surface area contributed by atoms with Gasteiger partial charge >= 0.3 is 5.97 Å². The van der Waals surface area contributed by atoms with Gasteiger partial charge in [0.15, 0.2) is 12.4 Å². The van der Waals surface area contributed by atoms with Gasteiger partial charge in [0.1, 0.15) is 5.82 Å². The first kappa shape index (κ1) is 20.2. The molecular formula is C21H19FN2O5. The first-order valence-electron chi connectivity index (χ1n) is 8.97. The van der Waals surface area contributed by atoms with E-state index in [9.17, 15) is 23.6 Å². The molecule has 1 heterocycles. The molecular weight excluding hydrogens is 379 g/mol. The second-order valence-corrected chi connectivity index (χ2v) is 6.65. The maximum absolute atomic E-state index is 13.9. The molecule has 1 atom stereocenters. The van der Waals surface area contributed by atoms with Crippen LogP contribution in [-0.2, 0) is 19.1 Å². The van der Waals surface area contributed by atoms with Gasteiger partial charge in [-0.1, -0.05) is 24.3 Å². The molecule has 1 aliphatic rings. The monoisotopic (exact) mass is 398 g/mol.